The number of fused-ring (bicyclic) bond motifs is 1. The number of anilines is 1. The van der Waals surface area contributed by atoms with E-state index in [2.05, 4.69) is 21.9 Å². The van der Waals surface area contributed by atoms with E-state index in [0.717, 1.165) is 64.7 Å². The average Bonchev–Trinajstić information content (AvgIpc) is 3.19. The fourth-order valence-electron chi connectivity index (χ4n) is 3.99. The van der Waals surface area contributed by atoms with Gasteiger partial charge in [0.05, 0.1) is 9.10 Å². The topological polar surface area (TPSA) is 110 Å². The summed E-state index contributed by atoms with van der Waals surface area (Å²) in [6.45, 7) is 8.59. The van der Waals surface area contributed by atoms with Gasteiger partial charge in [0.15, 0.2) is 5.82 Å². The highest BCUT2D eigenvalue weighted by Crippen LogP contribution is 2.38. The van der Waals surface area contributed by atoms with Gasteiger partial charge in [0, 0.05) is 23.5 Å². The van der Waals surface area contributed by atoms with Crippen molar-refractivity contribution in [2.75, 3.05) is 17.0 Å². The zero-order chi connectivity index (χ0) is 27.7. The zero-order valence-corrected chi connectivity index (χ0v) is 25.1. The third-order valence-electron chi connectivity index (χ3n) is 6.33. The minimum atomic E-state index is -3.91. The molecule has 0 fully saturated rings. The molecule has 0 saturated heterocycles. The molecule has 1 amide bonds. The summed E-state index contributed by atoms with van der Waals surface area (Å²) >= 11 is 3.12. The number of hydrogen-bond acceptors (Lipinski definition) is 7. The molecule has 1 aromatic rings. The van der Waals surface area contributed by atoms with Crippen molar-refractivity contribution in [1.82, 2.24) is 14.9 Å². The van der Waals surface area contributed by atoms with Crippen molar-refractivity contribution in [2.45, 2.75) is 88.2 Å². The van der Waals surface area contributed by atoms with E-state index < -0.39 is 15.7 Å². The molecule has 0 unspecified atom stereocenters. The highest BCUT2D eigenvalue weighted by molar-refractivity contribution is 8.01. The Labute approximate surface area is 234 Å². The maximum Gasteiger partial charge on any atom is 0.354 e. The van der Waals surface area contributed by atoms with Crippen LogP contribution in [-0.4, -0.2) is 36.2 Å². The highest BCUT2D eigenvalue weighted by atomic mass is 32.2. The molecular formula is C27H38N4O4S3. The van der Waals surface area contributed by atoms with Crippen LogP contribution in [0.3, 0.4) is 0 Å². The average molecular weight is 579 g/mol. The molecular weight excluding hydrogens is 541 g/mol. The largest absolute Gasteiger partial charge is 0.356 e. The molecule has 2 N–H and O–H groups in total. The van der Waals surface area contributed by atoms with Crippen LogP contribution in [0.4, 0.5) is 5.82 Å². The van der Waals surface area contributed by atoms with Gasteiger partial charge < -0.3 is 5.32 Å². The smallest absolute Gasteiger partial charge is 0.354 e. The Morgan fingerprint density at radius 1 is 1.03 bits per heavy atom. The SMILES string of the molecule is CCCCCCNC(=O)CCCCCSc1sc(C)c(C)n2c(=O)nc(NS(=O)(=O)c3ccc(C)cc3)c1-2. The summed E-state index contributed by atoms with van der Waals surface area (Å²) in [6.07, 6.45) is 7.75. The summed E-state index contributed by atoms with van der Waals surface area (Å²) < 4.78 is 30.9. The number of sulfonamides is 1. The molecule has 0 bridgehead atoms. The fraction of sp³-hybridized carbons (Fsp3) is 0.519. The number of carbonyl (C=O) groups excluding carboxylic acids is 1. The van der Waals surface area contributed by atoms with Crippen molar-refractivity contribution >= 4 is 44.8 Å². The lowest BCUT2D eigenvalue weighted by Gasteiger charge is -2.16. The predicted molar refractivity (Wildman–Crippen MR) is 157 cm³/mol. The quantitative estimate of drug-likeness (QED) is 0.174. The summed E-state index contributed by atoms with van der Waals surface area (Å²) in [5.41, 5.74) is 1.69. The van der Waals surface area contributed by atoms with E-state index in [9.17, 15) is 18.0 Å². The number of benzene rings is 1. The van der Waals surface area contributed by atoms with Crippen LogP contribution in [0, 0.1) is 20.8 Å². The third kappa shape index (κ3) is 8.07. The molecule has 0 atom stereocenters. The molecule has 2 aliphatic heterocycles. The van der Waals surface area contributed by atoms with Crippen molar-refractivity contribution in [3.05, 3.63) is 50.9 Å². The first kappa shape index (κ1) is 30.2. The standard InChI is InChI=1S/C27H38N4O4S3/c1-5-6-7-10-17-28-23(32)12-9-8-11-18-36-26-24-25(29-27(33)31(24)20(3)21(4)37-26)30-38(34,35)22-15-13-19(2)14-16-22/h13-16H,5-12,17-18H2,1-4H3,(H,28,32)(H,29,30,33). The van der Waals surface area contributed by atoms with Crippen LogP contribution >= 0.6 is 23.1 Å². The van der Waals surface area contributed by atoms with E-state index >= 15 is 0 Å². The molecule has 11 heteroatoms. The van der Waals surface area contributed by atoms with E-state index in [-0.39, 0.29) is 16.6 Å². The second kappa shape index (κ2) is 14.1. The van der Waals surface area contributed by atoms with Crippen molar-refractivity contribution in [3.8, 4) is 5.69 Å². The Morgan fingerprint density at radius 3 is 2.45 bits per heavy atom. The summed E-state index contributed by atoms with van der Waals surface area (Å²) in [7, 11) is -3.91. The Bertz CT molecular complexity index is 1350. The summed E-state index contributed by atoms with van der Waals surface area (Å²) in [6, 6.07) is 6.53. The van der Waals surface area contributed by atoms with Crippen molar-refractivity contribution in [1.29, 1.82) is 0 Å². The lowest BCUT2D eigenvalue weighted by molar-refractivity contribution is -0.121. The second-order valence-corrected chi connectivity index (χ2v) is 13.7. The molecule has 8 nitrogen and oxygen atoms in total. The molecule has 1 aromatic carbocycles. The van der Waals surface area contributed by atoms with Crippen LogP contribution in [0.1, 0.15) is 74.4 Å². The van der Waals surface area contributed by atoms with Crippen molar-refractivity contribution < 1.29 is 13.2 Å². The number of amides is 1. The zero-order valence-electron chi connectivity index (χ0n) is 22.6. The van der Waals surface area contributed by atoms with Crippen LogP contribution in [0.2, 0.25) is 0 Å². The first-order valence-electron chi connectivity index (χ1n) is 13.2. The van der Waals surface area contributed by atoms with Crippen molar-refractivity contribution in [2.24, 2.45) is 0 Å². The second-order valence-electron chi connectivity index (χ2n) is 9.45. The van der Waals surface area contributed by atoms with E-state index in [4.69, 9.17) is 0 Å². The van der Waals surface area contributed by atoms with Gasteiger partial charge in [0.25, 0.3) is 10.0 Å². The minimum Gasteiger partial charge on any atom is -0.356 e. The molecule has 0 saturated carbocycles. The number of rotatable bonds is 15. The summed E-state index contributed by atoms with van der Waals surface area (Å²) in [5.74, 6) is 0.949. The lowest BCUT2D eigenvalue weighted by atomic mass is 10.2. The normalized spacial score (nSPS) is 11.7. The number of thioether (sulfide) groups is 1. The molecule has 38 heavy (non-hydrogen) atoms. The van der Waals surface area contributed by atoms with Gasteiger partial charge in [-0.05, 0) is 57.9 Å². The molecule has 3 rings (SSSR count). The van der Waals surface area contributed by atoms with Gasteiger partial charge in [0.1, 0.15) is 5.69 Å². The maximum absolute atomic E-state index is 13.0. The van der Waals surface area contributed by atoms with E-state index in [0.29, 0.717) is 12.1 Å². The van der Waals surface area contributed by atoms with E-state index in [1.807, 2.05) is 20.8 Å². The summed E-state index contributed by atoms with van der Waals surface area (Å²) in [5, 5.41) is 2.99. The monoisotopic (exact) mass is 578 g/mol. The number of nitrogens with zero attached hydrogens (tertiary/aromatic N) is 2. The molecule has 0 aromatic heterocycles. The van der Waals surface area contributed by atoms with Gasteiger partial charge in [-0.25, -0.2) is 13.2 Å². The van der Waals surface area contributed by atoms with Gasteiger partial charge >= 0.3 is 5.69 Å². The predicted octanol–water partition coefficient (Wildman–Crippen LogP) is 5.81. The Balaban J connectivity index is 1.63. The van der Waals surface area contributed by atoms with Crippen LogP contribution < -0.4 is 15.7 Å². The fourth-order valence-corrected chi connectivity index (χ4v) is 7.52. The van der Waals surface area contributed by atoms with Gasteiger partial charge in [0.2, 0.25) is 5.91 Å². The molecule has 0 aliphatic carbocycles. The van der Waals surface area contributed by atoms with Gasteiger partial charge in [-0.3, -0.25) is 14.1 Å². The van der Waals surface area contributed by atoms with Crippen molar-refractivity contribution in [3.63, 3.8) is 0 Å². The molecule has 0 radical (unpaired) electrons. The number of unbranched alkanes of at least 4 members (excludes halogenated alkanes) is 5. The van der Waals surface area contributed by atoms with E-state index in [1.54, 1.807) is 23.9 Å². The first-order chi connectivity index (χ1) is 18.1. The molecule has 2 heterocycles. The Hall–Kier alpha value is -2.37. The van der Waals surface area contributed by atoms with Crippen LogP contribution in [0.5, 0.6) is 0 Å². The molecule has 208 valence electrons. The first-order valence-corrected chi connectivity index (χ1v) is 16.4. The number of aromatic nitrogens is 2. The van der Waals surface area contributed by atoms with Gasteiger partial charge in [-0.2, -0.15) is 4.98 Å². The number of carbonyl (C=O) groups is 1. The number of hydrogen-bond donors (Lipinski definition) is 2. The van der Waals surface area contributed by atoms with Gasteiger partial charge in [-0.1, -0.05) is 50.3 Å². The Kier molecular flexibility index (Phi) is 11.2. The van der Waals surface area contributed by atoms with Gasteiger partial charge in [-0.15, -0.1) is 23.1 Å². The lowest BCUT2D eigenvalue weighted by Crippen LogP contribution is -2.23. The minimum absolute atomic E-state index is 0.0491. The van der Waals surface area contributed by atoms with Crippen LogP contribution in [0.25, 0.3) is 5.69 Å². The molecule has 0 spiro atoms. The number of aryl methyl sites for hydroxylation is 2. The molecule has 2 aliphatic rings. The third-order valence-corrected chi connectivity index (χ3v) is 10.2. The Morgan fingerprint density at radius 2 is 1.74 bits per heavy atom. The number of imidazole rings is 1. The maximum atomic E-state index is 13.0. The number of nitrogens with one attached hydrogen (secondary N) is 2. The summed E-state index contributed by atoms with van der Waals surface area (Å²) in [4.78, 5) is 29.9. The van der Waals surface area contributed by atoms with Crippen LogP contribution in [-0.2, 0) is 14.8 Å². The van der Waals surface area contributed by atoms with E-state index in [1.165, 1.54) is 40.9 Å². The van der Waals surface area contributed by atoms with Crippen LogP contribution in [0.15, 0.2) is 38.2 Å². The highest BCUT2D eigenvalue weighted by Gasteiger charge is 2.26.